The molecule has 0 aliphatic rings. The van der Waals surface area contributed by atoms with E-state index < -0.39 is 13.0 Å². The number of Topliss-reactive ketones (excluding diaryl/α,β-unsaturated/α-hetero) is 1. The maximum atomic E-state index is 11.9. The van der Waals surface area contributed by atoms with Crippen LogP contribution < -0.4 is 4.74 Å². The van der Waals surface area contributed by atoms with Gasteiger partial charge in [-0.1, -0.05) is 12.1 Å². The Morgan fingerprint density at radius 3 is 2.88 bits per heavy atom. The van der Waals surface area contributed by atoms with Crippen LogP contribution in [-0.4, -0.2) is 18.8 Å². The zero-order valence-electron chi connectivity index (χ0n) is 8.32. The number of hydrogen-bond donors (Lipinski definition) is 0. The first kappa shape index (κ1) is 12.1. The molecule has 16 heavy (non-hydrogen) atoms. The highest BCUT2D eigenvalue weighted by molar-refractivity contribution is 5.97. The van der Waals surface area contributed by atoms with Crippen LogP contribution in [0.4, 0.5) is 8.78 Å². The van der Waals surface area contributed by atoms with Crippen LogP contribution in [0.3, 0.4) is 0 Å². The Hall–Kier alpha value is -1.96. The second kappa shape index (κ2) is 5.81. The summed E-state index contributed by atoms with van der Waals surface area (Å²) in [5.74, 6) is -0.158. The summed E-state index contributed by atoms with van der Waals surface area (Å²) in [6.45, 7) is -0.712. The molecule has 0 saturated heterocycles. The van der Waals surface area contributed by atoms with Crippen LogP contribution in [0, 0.1) is 11.3 Å². The maximum Gasteiger partial charge on any atom is 0.272 e. The molecule has 0 amide bonds. The zero-order chi connectivity index (χ0) is 12.0. The van der Waals surface area contributed by atoms with Crippen molar-refractivity contribution in [3.8, 4) is 11.8 Å². The van der Waals surface area contributed by atoms with Crippen molar-refractivity contribution in [1.29, 1.82) is 5.26 Å². The Labute approximate surface area is 91.3 Å². The van der Waals surface area contributed by atoms with E-state index in [1.807, 2.05) is 0 Å². The van der Waals surface area contributed by atoms with Crippen LogP contribution in [0.25, 0.3) is 0 Å². The fraction of sp³-hybridized carbons (Fsp3) is 0.273. The molecule has 0 spiro atoms. The number of hydrogen-bond acceptors (Lipinski definition) is 3. The smallest absolute Gasteiger partial charge is 0.272 e. The Balaban J connectivity index is 2.71. The number of nitriles is 1. The molecule has 0 fully saturated rings. The van der Waals surface area contributed by atoms with E-state index in [2.05, 4.69) is 0 Å². The fourth-order valence-electron chi connectivity index (χ4n) is 1.09. The van der Waals surface area contributed by atoms with Gasteiger partial charge in [0.2, 0.25) is 0 Å². The van der Waals surface area contributed by atoms with Crippen molar-refractivity contribution in [2.75, 3.05) is 6.61 Å². The molecule has 3 nitrogen and oxygen atoms in total. The average Bonchev–Trinajstić information content (AvgIpc) is 2.27. The number of nitrogens with zero attached hydrogens (tertiary/aromatic N) is 1. The third-order valence-corrected chi connectivity index (χ3v) is 1.77. The summed E-state index contributed by atoms with van der Waals surface area (Å²) < 4.78 is 28.5. The Morgan fingerprint density at radius 1 is 1.50 bits per heavy atom. The van der Waals surface area contributed by atoms with Crippen LogP contribution >= 0.6 is 0 Å². The lowest BCUT2D eigenvalue weighted by molar-refractivity contribution is 0.0818. The third-order valence-electron chi connectivity index (χ3n) is 1.77. The van der Waals surface area contributed by atoms with Crippen LogP contribution in [-0.2, 0) is 0 Å². The molecular weight excluding hydrogens is 216 g/mol. The van der Waals surface area contributed by atoms with Gasteiger partial charge in [-0.15, -0.1) is 0 Å². The summed E-state index contributed by atoms with van der Waals surface area (Å²) in [5.41, 5.74) is 0.285. The summed E-state index contributed by atoms with van der Waals surface area (Å²) >= 11 is 0. The van der Waals surface area contributed by atoms with Gasteiger partial charge in [-0.2, -0.15) is 5.26 Å². The van der Waals surface area contributed by atoms with Gasteiger partial charge >= 0.3 is 0 Å². The molecule has 1 aromatic carbocycles. The summed E-state index contributed by atoms with van der Waals surface area (Å²) in [5, 5.41) is 8.34. The van der Waals surface area contributed by atoms with Gasteiger partial charge < -0.3 is 4.74 Å². The minimum Gasteiger partial charge on any atom is -0.488 e. The molecule has 84 valence electrons. The van der Waals surface area contributed by atoms with Gasteiger partial charge in [0, 0.05) is 5.56 Å². The van der Waals surface area contributed by atoms with E-state index in [0.717, 1.165) is 0 Å². The molecule has 0 aromatic heterocycles. The van der Waals surface area contributed by atoms with Gasteiger partial charge in [-0.3, -0.25) is 4.79 Å². The monoisotopic (exact) mass is 225 g/mol. The van der Waals surface area contributed by atoms with Crippen molar-refractivity contribution in [3.63, 3.8) is 0 Å². The van der Waals surface area contributed by atoms with E-state index in [-0.39, 0.29) is 23.5 Å². The van der Waals surface area contributed by atoms with Crippen LogP contribution in [0.5, 0.6) is 5.75 Å². The fourth-order valence-corrected chi connectivity index (χ4v) is 1.09. The second-order valence-corrected chi connectivity index (χ2v) is 2.99. The van der Waals surface area contributed by atoms with E-state index in [0.29, 0.717) is 0 Å². The highest BCUT2D eigenvalue weighted by atomic mass is 19.3. The van der Waals surface area contributed by atoms with Crippen molar-refractivity contribution in [1.82, 2.24) is 0 Å². The van der Waals surface area contributed by atoms with Gasteiger partial charge in [0.15, 0.2) is 5.78 Å². The predicted molar refractivity (Wildman–Crippen MR) is 52.5 cm³/mol. The van der Waals surface area contributed by atoms with E-state index >= 15 is 0 Å². The van der Waals surface area contributed by atoms with Crippen molar-refractivity contribution in [3.05, 3.63) is 29.8 Å². The van der Waals surface area contributed by atoms with Crippen molar-refractivity contribution in [2.45, 2.75) is 12.8 Å². The van der Waals surface area contributed by atoms with Crippen LogP contribution in [0.1, 0.15) is 16.8 Å². The number of carbonyl (C=O) groups excluding carboxylic acids is 1. The summed E-state index contributed by atoms with van der Waals surface area (Å²) in [7, 11) is 0. The number of ether oxygens (including phenoxy) is 1. The lowest BCUT2D eigenvalue weighted by Gasteiger charge is -2.06. The normalized spacial score (nSPS) is 9.88. The first-order chi connectivity index (χ1) is 7.63. The second-order valence-electron chi connectivity index (χ2n) is 2.99. The van der Waals surface area contributed by atoms with Crippen LogP contribution in [0.2, 0.25) is 0 Å². The SMILES string of the molecule is N#CCC(=O)c1cccc(OCC(F)F)c1. The Bertz CT molecular complexity index is 413. The maximum absolute atomic E-state index is 11.9. The van der Waals surface area contributed by atoms with E-state index in [4.69, 9.17) is 10.00 Å². The summed E-state index contributed by atoms with van der Waals surface area (Å²) in [6.07, 6.45) is -2.79. The minimum atomic E-state index is -2.56. The molecule has 5 heteroatoms. The topological polar surface area (TPSA) is 50.1 Å². The van der Waals surface area contributed by atoms with E-state index in [9.17, 15) is 13.6 Å². The first-order valence-corrected chi connectivity index (χ1v) is 4.54. The van der Waals surface area contributed by atoms with Gasteiger partial charge in [0.25, 0.3) is 6.43 Å². The average molecular weight is 225 g/mol. The van der Waals surface area contributed by atoms with Gasteiger partial charge in [-0.05, 0) is 12.1 Å². The van der Waals surface area contributed by atoms with Crippen molar-refractivity contribution < 1.29 is 18.3 Å². The molecule has 0 saturated carbocycles. The van der Waals surface area contributed by atoms with E-state index in [1.54, 1.807) is 6.07 Å². The Morgan fingerprint density at radius 2 is 2.25 bits per heavy atom. The molecule has 0 atom stereocenters. The number of halogens is 2. The van der Waals surface area contributed by atoms with Gasteiger partial charge in [0.1, 0.15) is 12.4 Å². The van der Waals surface area contributed by atoms with Crippen LogP contribution in [0.15, 0.2) is 24.3 Å². The first-order valence-electron chi connectivity index (χ1n) is 4.54. The van der Waals surface area contributed by atoms with E-state index in [1.165, 1.54) is 24.3 Å². The number of alkyl halides is 2. The van der Waals surface area contributed by atoms with Gasteiger partial charge in [0.05, 0.1) is 12.5 Å². The van der Waals surface area contributed by atoms with Gasteiger partial charge in [-0.25, -0.2) is 8.78 Å². The molecule has 0 bridgehead atoms. The van der Waals surface area contributed by atoms with Crippen molar-refractivity contribution >= 4 is 5.78 Å². The number of benzene rings is 1. The molecule has 0 aliphatic heterocycles. The molecule has 1 rings (SSSR count). The molecule has 0 aliphatic carbocycles. The molecule has 0 unspecified atom stereocenters. The quantitative estimate of drug-likeness (QED) is 0.723. The lowest BCUT2D eigenvalue weighted by atomic mass is 10.1. The standard InChI is InChI=1S/C11H9F2NO2/c12-11(13)7-16-9-3-1-2-8(6-9)10(15)4-5-14/h1-3,6,11H,4,7H2. The third kappa shape index (κ3) is 3.65. The molecule has 0 radical (unpaired) electrons. The minimum absolute atomic E-state index is 0.198. The summed E-state index contributed by atoms with van der Waals surface area (Å²) in [6, 6.07) is 7.58. The number of ketones is 1. The zero-order valence-corrected chi connectivity index (χ0v) is 8.32. The molecule has 0 heterocycles. The molecular formula is C11H9F2NO2. The highest BCUT2D eigenvalue weighted by Gasteiger charge is 2.07. The largest absolute Gasteiger partial charge is 0.488 e. The lowest BCUT2D eigenvalue weighted by Crippen LogP contribution is -2.07. The predicted octanol–water partition coefficient (Wildman–Crippen LogP) is 2.43. The number of rotatable bonds is 5. The summed E-state index contributed by atoms with van der Waals surface area (Å²) in [4.78, 5) is 11.3. The Kier molecular flexibility index (Phi) is 4.40. The van der Waals surface area contributed by atoms with Crippen molar-refractivity contribution in [2.24, 2.45) is 0 Å². The molecule has 1 aromatic rings. The number of carbonyl (C=O) groups is 1. The molecule has 0 N–H and O–H groups in total. The highest BCUT2D eigenvalue weighted by Crippen LogP contribution is 2.15.